The quantitative estimate of drug-likeness (QED) is 0.280. The van der Waals surface area contributed by atoms with Gasteiger partial charge in [0.1, 0.15) is 0 Å². The number of likely N-dealkylation sites (N-methyl/N-ethyl adjacent to an activating group) is 1. The van der Waals surface area contributed by atoms with Gasteiger partial charge in [0, 0.05) is 50.8 Å². The second kappa shape index (κ2) is 11.9. The first-order valence-electron chi connectivity index (χ1n) is 9.93. The highest BCUT2D eigenvalue weighted by molar-refractivity contribution is 14.0. The molecule has 0 saturated carbocycles. The molecule has 1 unspecified atom stereocenters. The average molecular weight is 487 g/mol. The van der Waals surface area contributed by atoms with Crippen molar-refractivity contribution in [1.82, 2.24) is 20.4 Å². The third kappa shape index (κ3) is 8.79. The van der Waals surface area contributed by atoms with Crippen LogP contribution in [0.4, 0.5) is 0 Å². The van der Waals surface area contributed by atoms with E-state index in [9.17, 15) is 0 Å². The van der Waals surface area contributed by atoms with Gasteiger partial charge in [-0.15, -0.1) is 24.0 Å². The molecule has 1 heterocycles. The number of aliphatic imine (C=N–C) groups is 1. The van der Waals surface area contributed by atoms with E-state index in [0.29, 0.717) is 6.04 Å². The minimum atomic E-state index is 0. The first-order chi connectivity index (χ1) is 12.4. The SMILES string of the molecule is CCNC(=NCCCN1CCN(C)CC1c1ccccc1)NC(C)(C)C.I. The number of hydrogen-bond donors (Lipinski definition) is 2. The zero-order chi connectivity index (χ0) is 19.0. The molecule has 2 rings (SSSR count). The van der Waals surface area contributed by atoms with Gasteiger partial charge in [-0.25, -0.2) is 0 Å². The first-order valence-corrected chi connectivity index (χ1v) is 9.93. The highest BCUT2D eigenvalue weighted by Gasteiger charge is 2.25. The minimum absolute atomic E-state index is 0. The smallest absolute Gasteiger partial charge is 0.191 e. The summed E-state index contributed by atoms with van der Waals surface area (Å²) in [6, 6.07) is 11.4. The van der Waals surface area contributed by atoms with Crippen molar-refractivity contribution in [2.24, 2.45) is 4.99 Å². The van der Waals surface area contributed by atoms with Crippen molar-refractivity contribution in [3.8, 4) is 0 Å². The van der Waals surface area contributed by atoms with Crippen molar-refractivity contribution in [1.29, 1.82) is 0 Å². The van der Waals surface area contributed by atoms with E-state index in [1.807, 2.05) is 0 Å². The largest absolute Gasteiger partial charge is 0.357 e. The van der Waals surface area contributed by atoms with Crippen LogP contribution in [0.25, 0.3) is 0 Å². The number of nitrogens with zero attached hydrogens (tertiary/aromatic N) is 3. The lowest BCUT2D eigenvalue weighted by Crippen LogP contribution is -2.48. The fourth-order valence-corrected chi connectivity index (χ4v) is 3.34. The lowest BCUT2D eigenvalue weighted by molar-refractivity contribution is 0.0894. The number of guanidine groups is 1. The van der Waals surface area contributed by atoms with Crippen molar-refractivity contribution in [2.75, 3.05) is 46.3 Å². The lowest BCUT2D eigenvalue weighted by atomic mass is 10.0. The van der Waals surface area contributed by atoms with Crippen molar-refractivity contribution < 1.29 is 0 Å². The minimum Gasteiger partial charge on any atom is -0.357 e. The van der Waals surface area contributed by atoms with Crippen LogP contribution >= 0.6 is 24.0 Å². The molecule has 1 aromatic rings. The summed E-state index contributed by atoms with van der Waals surface area (Å²) in [4.78, 5) is 9.81. The maximum atomic E-state index is 4.75. The van der Waals surface area contributed by atoms with Gasteiger partial charge in [-0.05, 0) is 46.7 Å². The van der Waals surface area contributed by atoms with Gasteiger partial charge < -0.3 is 15.5 Å². The maximum Gasteiger partial charge on any atom is 0.191 e. The predicted molar refractivity (Wildman–Crippen MR) is 127 cm³/mol. The molecule has 1 aliphatic rings. The third-order valence-corrected chi connectivity index (χ3v) is 4.59. The molecular weight excluding hydrogens is 449 g/mol. The maximum absolute atomic E-state index is 4.75. The van der Waals surface area contributed by atoms with Gasteiger partial charge in [0.2, 0.25) is 0 Å². The van der Waals surface area contributed by atoms with Gasteiger partial charge in [-0.1, -0.05) is 30.3 Å². The Morgan fingerprint density at radius 1 is 1.19 bits per heavy atom. The molecule has 154 valence electrons. The lowest BCUT2D eigenvalue weighted by Gasteiger charge is -2.40. The third-order valence-electron chi connectivity index (χ3n) is 4.59. The summed E-state index contributed by atoms with van der Waals surface area (Å²) in [5, 5.41) is 6.79. The molecule has 0 amide bonds. The number of rotatable bonds is 6. The van der Waals surface area contributed by atoms with E-state index < -0.39 is 0 Å². The van der Waals surface area contributed by atoms with Crippen molar-refractivity contribution >= 4 is 29.9 Å². The molecule has 27 heavy (non-hydrogen) atoms. The average Bonchev–Trinajstić information content (AvgIpc) is 2.59. The molecule has 1 atom stereocenters. The summed E-state index contributed by atoms with van der Waals surface area (Å²) in [5.41, 5.74) is 1.45. The Balaban J connectivity index is 0.00000364. The summed E-state index contributed by atoms with van der Waals surface area (Å²) in [6.45, 7) is 14.8. The Hall–Kier alpha value is -0.860. The molecule has 1 aromatic carbocycles. The fourth-order valence-electron chi connectivity index (χ4n) is 3.34. The molecule has 0 radical (unpaired) electrons. The molecule has 1 saturated heterocycles. The van der Waals surface area contributed by atoms with Crippen LogP contribution in [0.3, 0.4) is 0 Å². The van der Waals surface area contributed by atoms with Gasteiger partial charge >= 0.3 is 0 Å². The molecule has 1 fully saturated rings. The molecule has 6 heteroatoms. The monoisotopic (exact) mass is 487 g/mol. The predicted octanol–water partition coefficient (Wildman–Crippen LogP) is 3.34. The number of benzene rings is 1. The Kier molecular flexibility index (Phi) is 10.6. The highest BCUT2D eigenvalue weighted by Crippen LogP contribution is 2.24. The second-order valence-corrected chi connectivity index (χ2v) is 8.21. The van der Waals surface area contributed by atoms with Gasteiger partial charge in [0.05, 0.1) is 0 Å². The standard InChI is InChI=1S/C21H37N5.HI/c1-6-22-20(24-21(2,3)4)23-13-10-14-26-16-15-25(5)17-19(26)18-11-8-7-9-12-18;/h7-9,11-12,19H,6,10,13-17H2,1-5H3,(H2,22,23,24);1H. The molecule has 1 aliphatic heterocycles. The molecule has 0 bridgehead atoms. The van der Waals surface area contributed by atoms with Crippen LogP contribution in [0.2, 0.25) is 0 Å². The van der Waals surface area contributed by atoms with Crippen molar-refractivity contribution in [3.05, 3.63) is 35.9 Å². The number of nitrogens with one attached hydrogen (secondary N) is 2. The van der Waals surface area contributed by atoms with Crippen LogP contribution < -0.4 is 10.6 Å². The van der Waals surface area contributed by atoms with E-state index in [2.05, 4.69) is 85.5 Å². The molecule has 0 aliphatic carbocycles. The van der Waals surface area contributed by atoms with E-state index >= 15 is 0 Å². The molecule has 2 N–H and O–H groups in total. The first kappa shape index (κ1) is 24.2. The van der Waals surface area contributed by atoms with Gasteiger partial charge in [0.15, 0.2) is 5.96 Å². The van der Waals surface area contributed by atoms with Crippen LogP contribution in [-0.2, 0) is 0 Å². The van der Waals surface area contributed by atoms with Gasteiger partial charge in [-0.3, -0.25) is 9.89 Å². The number of hydrogen-bond acceptors (Lipinski definition) is 3. The Bertz CT molecular complexity index is 555. The Labute approximate surface area is 183 Å². The van der Waals surface area contributed by atoms with Crippen molar-refractivity contribution in [2.45, 2.75) is 45.7 Å². The highest BCUT2D eigenvalue weighted by atomic mass is 127. The number of piperazine rings is 1. The topological polar surface area (TPSA) is 42.9 Å². The van der Waals surface area contributed by atoms with Crippen LogP contribution in [0.1, 0.15) is 45.7 Å². The van der Waals surface area contributed by atoms with Crippen molar-refractivity contribution in [3.63, 3.8) is 0 Å². The molecule has 0 aromatic heterocycles. The Morgan fingerprint density at radius 3 is 2.52 bits per heavy atom. The van der Waals surface area contributed by atoms with Crippen LogP contribution in [0.15, 0.2) is 35.3 Å². The zero-order valence-corrected chi connectivity index (χ0v) is 20.0. The Morgan fingerprint density at radius 2 is 1.89 bits per heavy atom. The van der Waals surface area contributed by atoms with Crippen LogP contribution in [0, 0.1) is 0 Å². The van der Waals surface area contributed by atoms with E-state index in [4.69, 9.17) is 4.99 Å². The molecule has 5 nitrogen and oxygen atoms in total. The van der Waals surface area contributed by atoms with Gasteiger partial charge in [0.25, 0.3) is 0 Å². The van der Waals surface area contributed by atoms with E-state index in [0.717, 1.165) is 51.6 Å². The van der Waals surface area contributed by atoms with Crippen LogP contribution in [0.5, 0.6) is 0 Å². The van der Waals surface area contributed by atoms with Gasteiger partial charge in [-0.2, -0.15) is 0 Å². The summed E-state index contributed by atoms with van der Waals surface area (Å²) in [6.07, 6.45) is 1.08. The van der Waals surface area contributed by atoms with E-state index in [-0.39, 0.29) is 29.5 Å². The van der Waals surface area contributed by atoms with Crippen LogP contribution in [-0.4, -0.2) is 67.6 Å². The molecular formula is C21H38IN5. The summed E-state index contributed by atoms with van der Waals surface area (Å²) >= 11 is 0. The number of halogens is 1. The normalized spacial score (nSPS) is 19.4. The summed E-state index contributed by atoms with van der Waals surface area (Å²) in [5.74, 6) is 0.915. The van der Waals surface area contributed by atoms with E-state index in [1.54, 1.807) is 0 Å². The van der Waals surface area contributed by atoms with E-state index in [1.165, 1.54) is 5.56 Å². The zero-order valence-electron chi connectivity index (χ0n) is 17.7. The fraction of sp³-hybridized carbons (Fsp3) is 0.667. The summed E-state index contributed by atoms with van der Waals surface area (Å²) < 4.78 is 0. The summed E-state index contributed by atoms with van der Waals surface area (Å²) in [7, 11) is 2.22. The second-order valence-electron chi connectivity index (χ2n) is 8.21. The molecule has 0 spiro atoms.